The molecule has 1 aromatic carbocycles. The number of aryl methyl sites for hydroxylation is 1. The molecule has 2 aliphatic carbocycles. The number of piperidine rings is 1. The van der Waals surface area contributed by atoms with Crippen LogP contribution in [0.2, 0.25) is 0 Å². The third kappa shape index (κ3) is 2.28. The molecule has 2 fully saturated rings. The van der Waals surface area contributed by atoms with E-state index in [1.807, 2.05) is 6.92 Å². The molecule has 4 heteroatoms. The lowest BCUT2D eigenvalue weighted by atomic mass is 9.75. The SMILES string of the molecule is Cc1nc(NC2CC2)cc(N2C[C@H]3CC[C@H]2c2ccccc23)n1. The molecule has 1 saturated carbocycles. The first kappa shape index (κ1) is 13.3. The molecular formula is C19H22N4. The highest BCUT2D eigenvalue weighted by molar-refractivity contribution is 5.55. The van der Waals surface area contributed by atoms with Crippen LogP contribution < -0.4 is 10.2 Å². The fourth-order valence-corrected chi connectivity index (χ4v) is 4.20. The lowest BCUT2D eigenvalue weighted by Gasteiger charge is -2.47. The Balaban J connectivity index is 1.52. The summed E-state index contributed by atoms with van der Waals surface area (Å²) in [6.45, 7) is 3.08. The average molecular weight is 306 g/mol. The number of nitrogens with zero attached hydrogens (tertiary/aromatic N) is 3. The van der Waals surface area contributed by atoms with Gasteiger partial charge in [0.05, 0.1) is 6.04 Å². The van der Waals surface area contributed by atoms with Gasteiger partial charge in [0.15, 0.2) is 0 Å². The standard InChI is InChI=1S/C19H22N4/c1-12-20-18(22-14-7-8-14)10-19(21-12)23-11-13-6-9-17(23)16-5-3-2-4-15(13)16/h2-5,10,13-14,17H,6-9,11H2,1H3,(H,20,21,22)/t13-,17+/m1/s1. The molecule has 0 radical (unpaired) electrons. The number of nitrogens with one attached hydrogen (secondary N) is 1. The Morgan fingerprint density at radius 1 is 1.04 bits per heavy atom. The van der Waals surface area contributed by atoms with Crippen molar-refractivity contribution in [3.63, 3.8) is 0 Å². The van der Waals surface area contributed by atoms with E-state index in [9.17, 15) is 0 Å². The largest absolute Gasteiger partial charge is 0.367 e. The lowest BCUT2D eigenvalue weighted by molar-refractivity contribution is 0.387. The number of hydrogen-bond acceptors (Lipinski definition) is 4. The lowest BCUT2D eigenvalue weighted by Crippen LogP contribution is -2.43. The second-order valence-corrected chi connectivity index (χ2v) is 7.15. The van der Waals surface area contributed by atoms with Gasteiger partial charge in [0.25, 0.3) is 0 Å². The first-order valence-electron chi connectivity index (χ1n) is 8.75. The van der Waals surface area contributed by atoms with Gasteiger partial charge in [-0.2, -0.15) is 0 Å². The maximum atomic E-state index is 4.75. The van der Waals surface area contributed by atoms with E-state index in [0.717, 1.165) is 24.0 Å². The van der Waals surface area contributed by atoms with E-state index < -0.39 is 0 Å². The fourth-order valence-electron chi connectivity index (χ4n) is 4.20. The molecule has 6 rings (SSSR count). The van der Waals surface area contributed by atoms with Crippen LogP contribution in [0.1, 0.15) is 54.6 Å². The quantitative estimate of drug-likeness (QED) is 0.936. The molecular weight excluding hydrogens is 284 g/mol. The minimum absolute atomic E-state index is 0.472. The Kier molecular flexibility index (Phi) is 2.87. The molecule has 1 N–H and O–H groups in total. The molecule has 23 heavy (non-hydrogen) atoms. The van der Waals surface area contributed by atoms with Gasteiger partial charge < -0.3 is 10.2 Å². The van der Waals surface area contributed by atoms with Crippen molar-refractivity contribution in [2.45, 2.75) is 50.6 Å². The molecule has 4 aliphatic rings. The Morgan fingerprint density at radius 3 is 2.70 bits per heavy atom. The van der Waals surface area contributed by atoms with Gasteiger partial charge >= 0.3 is 0 Å². The summed E-state index contributed by atoms with van der Waals surface area (Å²) >= 11 is 0. The predicted octanol–water partition coefficient (Wildman–Crippen LogP) is 3.80. The molecule has 2 aliphatic heterocycles. The van der Waals surface area contributed by atoms with Crippen molar-refractivity contribution in [2.24, 2.45) is 0 Å². The molecule has 1 saturated heterocycles. The Labute approximate surface area is 137 Å². The van der Waals surface area contributed by atoms with Crippen molar-refractivity contribution in [3.05, 3.63) is 47.3 Å². The van der Waals surface area contributed by atoms with E-state index in [1.165, 1.54) is 31.2 Å². The van der Waals surface area contributed by atoms with E-state index in [-0.39, 0.29) is 0 Å². The summed E-state index contributed by atoms with van der Waals surface area (Å²) in [5, 5.41) is 3.52. The number of rotatable bonds is 3. The van der Waals surface area contributed by atoms with E-state index in [0.29, 0.717) is 18.0 Å². The van der Waals surface area contributed by atoms with Crippen molar-refractivity contribution in [3.8, 4) is 0 Å². The van der Waals surface area contributed by atoms with Gasteiger partial charge in [0.1, 0.15) is 17.5 Å². The molecule has 0 unspecified atom stereocenters. The highest BCUT2D eigenvalue weighted by Gasteiger charge is 2.38. The Morgan fingerprint density at radius 2 is 1.87 bits per heavy atom. The van der Waals surface area contributed by atoms with Crippen LogP contribution in [0.15, 0.2) is 30.3 Å². The monoisotopic (exact) mass is 306 g/mol. The van der Waals surface area contributed by atoms with Gasteiger partial charge in [-0.3, -0.25) is 0 Å². The van der Waals surface area contributed by atoms with Crippen LogP contribution in [0.25, 0.3) is 0 Å². The first-order valence-corrected chi connectivity index (χ1v) is 8.75. The maximum absolute atomic E-state index is 4.75. The van der Waals surface area contributed by atoms with E-state index in [4.69, 9.17) is 4.98 Å². The summed E-state index contributed by atoms with van der Waals surface area (Å²) < 4.78 is 0. The summed E-state index contributed by atoms with van der Waals surface area (Å²) in [5.74, 6) is 3.58. The van der Waals surface area contributed by atoms with Crippen LogP contribution in [0.3, 0.4) is 0 Å². The predicted molar refractivity (Wildman–Crippen MR) is 91.9 cm³/mol. The first-order chi connectivity index (χ1) is 11.3. The third-order valence-corrected chi connectivity index (χ3v) is 5.42. The number of anilines is 2. The third-order valence-electron chi connectivity index (χ3n) is 5.42. The highest BCUT2D eigenvalue weighted by atomic mass is 15.2. The van der Waals surface area contributed by atoms with Gasteiger partial charge in [0, 0.05) is 24.6 Å². The van der Waals surface area contributed by atoms with Crippen LogP contribution >= 0.6 is 0 Å². The minimum atomic E-state index is 0.472. The zero-order valence-electron chi connectivity index (χ0n) is 13.5. The summed E-state index contributed by atoms with van der Waals surface area (Å²) in [6.07, 6.45) is 5.06. The van der Waals surface area contributed by atoms with Crippen molar-refractivity contribution < 1.29 is 0 Å². The van der Waals surface area contributed by atoms with Gasteiger partial charge in [-0.15, -0.1) is 0 Å². The normalized spacial score (nSPS) is 25.3. The maximum Gasteiger partial charge on any atom is 0.134 e. The van der Waals surface area contributed by atoms with Crippen molar-refractivity contribution in [1.82, 2.24) is 9.97 Å². The molecule has 2 aromatic rings. The van der Waals surface area contributed by atoms with Crippen LogP contribution in [0.5, 0.6) is 0 Å². The molecule has 118 valence electrons. The van der Waals surface area contributed by atoms with Gasteiger partial charge in [-0.25, -0.2) is 9.97 Å². The summed E-state index contributed by atoms with van der Waals surface area (Å²) in [4.78, 5) is 11.8. The zero-order chi connectivity index (χ0) is 15.4. The highest BCUT2D eigenvalue weighted by Crippen LogP contribution is 2.48. The molecule has 2 atom stereocenters. The van der Waals surface area contributed by atoms with Crippen LogP contribution in [0.4, 0.5) is 11.6 Å². The molecule has 1 aromatic heterocycles. The molecule has 3 heterocycles. The average Bonchev–Trinajstić information content (AvgIpc) is 3.39. The van der Waals surface area contributed by atoms with Crippen LogP contribution in [0, 0.1) is 6.92 Å². The van der Waals surface area contributed by atoms with Gasteiger partial charge in [-0.1, -0.05) is 24.3 Å². The smallest absolute Gasteiger partial charge is 0.134 e. The number of aromatic nitrogens is 2. The van der Waals surface area contributed by atoms with E-state index in [1.54, 1.807) is 5.56 Å². The summed E-state index contributed by atoms with van der Waals surface area (Å²) in [5.41, 5.74) is 3.06. The van der Waals surface area contributed by atoms with E-state index in [2.05, 4.69) is 45.5 Å². The molecule has 4 nitrogen and oxygen atoms in total. The van der Waals surface area contributed by atoms with Crippen molar-refractivity contribution in [1.29, 1.82) is 0 Å². The van der Waals surface area contributed by atoms with E-state index >= 15 is 0 Å². The Bertz CT molecular complexity index is 753. The minimum Gasteiger partial charge on any atom is -0.367 e. The molecule has 2 bridgehead atoms. The number of fused-ring (bicyclic) bond motifs is 2. The van der Waals surface area contributed by atoms with Crippen LogP contribution in [-0.4, -0.2) is 22.6 Å². The fraction of sp³-hybridized carbons (Fsp3) is 0.474. The van der Waals surface area contributed by atoms with Crippen molar-refractivity contribution >= 4 is 11.6 Å². The summed E-state index contributed by atoms with van der Waals surface area (Å²) in [6, 6.07) is 12.2. The zero-order valence-corrected chi connectivity index (χ0v) is 13.5. The Hall–Kier alpha value is -2.10. The van der Waals surface area contributed by atoms with Crippen molar-refractivity contribution in [2.75, 3.05) is 16.8 Å². The number of benzene rings is 1. The molecule has 0 amide bonds. The summed E-state index contributed by atoms with van der Waals surface area (Å²) in [7, 11) is 0. The topological polar surface area (TPSA) is 41.1 Å². The van der Waals surface area contributed by atoms with Gasteiger partial charge in [0.2, 0.25) is 0 Å². The van der Waals surface area contributed by atoms with Crippen LogP contribution in [-0.2, 0) is 0 Å². The second kappa shape index (κ2) is 4.95. The number of hydrogen-bond donors (Lipinski definition) is 1. The second-order valence-electron chi connectivity index (χ2n) is 7.15. The molecule has 0 spiro atoms. The van der Waals surface area contributed by atoms with Gasteiger partial charge in [-0.05, 0) is 43.7 Å².